The van der Waals surface area contributed by atoms with E-state index in [1.165, 1.54) is 0 Å². The number of benzene rings is 1. The predicted molar refractivity (Wildman–Crippen MR) is 93.4 cm³/mol. The maximum Gasteiger partial charge on any atom is 0.119 e. The summed E-state index contributed by atoms with van der Waals surface area (Å²) in [5, 5.41) is 11.1. The van der Waals surface area contributed by atoms with Crippen molar-refractivity contribution in [3.8, 4) is 5.75 Å². The Morgan fingerprint density at radius 3 is 2.09 bits per heavy atom. The smallest absolute Gasteiger partial charge is 0.119 e. The Morgan fingerprint density at radius 1 is 1.05 bits per heavy atom. The van der Waals surface area contributed by atoms with E-state index in [0.717, 1.165) is 50.2 Å². The Labute approximate surface area is 136 Å². The van der Waals surface area contributed by atoms with Gasteiger partial charge in [0.1, 0.15) is 5.75 Å². The molecule has 0 fully saturated rings. The number of hydrogen-bond donors (Lipinski definition) is 1. The van der Waals surface area contributed by atoms with Crippen molar-refractivity contribution in [2.45, 2.75) is 65.6 Å². The molecule has 3 nitrogen and oxygen atoms in total. The first kappa shape index (κ1) is 19.0. The Kier molecular flexibility index (Phi) is 7.91. The van der Waals surface area contributed by atoms with Crippen molar-refractivity contribution < 1.29 is 9.84 Å². The highest BCUT2D eigenvalue weighted by atomic mass is 16.5. The second kappa shape index (κ2) is 9.16. The van der Waals surface area contributed by atoms with Crippen LogP contribution in [0.25, 0.3) is 0 Å². The summed E-state index contributed by atoms with van der Waals surface area (Å²) < 4.78 is 5.68. The second-order valence-electron chi connectivity index (χ2n) is 6.25. The van der Waals surface area contributed by atoms with Gasteiger partial charge >= 0.3 is 0 Å². The number of ether oxygens (including phenoxy) is 1. The summed E-state index contributed by atoms with van der Waals surface area (Å²) in [4.78, 5) is 2.36. The third-order valence-corrected chi connectivity index (χ3v) is 4.16. The van der Waals surface area contributed by atoms with Crippen LogP contribution in [0.3, 0.4) is 0 Å². The van der Waals surface area contributed by atoms with Crippen LogP contribution in [-0.4, -0.2) is 35.7 Å². The lowest BCUT2D eigenvalue weighted by atomic mass is 9.86. The third-order valence-electron chi connectivity index (χ3n) is 4.16. The number of hydrogen-bond acceptors (Lipinski definition) is 3. The summed E-state index contributed by atoms with van der Waals surface area (Å²) in [6.45, 7) is 13.5. The molecule has 0 saturated heterocycles. The minimum Gasteiger partial charge on any atom is -0.491 e. The molecule has 0 radical (unpaired) electrons. The van der Waals surface area contributed by atoms with Crippen LogP contribution in [0.15, 0.2) is 24.3 Å². The topological polar surface area (TPSA) is 32.7 Å². The van der Waals surface area contributed by atoms with Crippen LogP contribution in [0.2, 0.25) is 0 Å². The fourth-order valence-electron chi connectivity index (χ4n) is 2.83. The molecule has 0 aromatic heterocycles. The Morgan fingerprint density at radius 2 is 1.64 bits per heavy atom. The zero-order chi connectivity index (χ0) is 16.6. The zero-order valence-corrected chi connectivity index (χ0v) is 14.9. The minimum absolute atomic E-state index is 0.169. The molecule has 22 heavy (non-hydrogen) atoms. The number of aliphatic hydroxyl groups is 1. The van der Waals surface area contributed by atoms with E-state index in [1.54, 1.807) is 0 Å². The average Bonchev–Trinajstić information content (AvgIpc) is 2.48. The molecule has 0 aliphatic heterocycles. The summed E-state index contributed by atoms with van der Waals surface area (Å²) in [5.41, 5.74) is 0.255. The van der Waals surface area contributed by atoms with Crippen LogP contribution >= 0.6 is 0 Å². The van der Waals surface area contributed by atoms with Crippen LogP contribution in [0, 0.1) is 0 Å². The average molecular weight is 307 g/mol. The van der Waals surface area contributed by atoms with E-state index < -0.39 is 5.60 Å². The monoisotopic (exact) mass is 307 g/mol. The molecular weight excluding hydrogens is 274 g/mol. The van der Waals surface area contributed by atoms with E-state index in [1.807, 2.05) is 38.1 Å². The molecule has 1 rings (SSSR count). The molecule has 0 bridgehead atoms. The van der Waals surface area contributed by atoms with Crippen LogP contribution < -0.4 is 4.74 Å². The van der Waals surface area contributed by atoms with Gasteiger partial charge in [0.05, 0.1) is 11.7 Å². The van der Waals surface area contributed by atoms with E-state index in [9.17, 15) is 5.11 Å². The Balaban J connectivity index is 2.83. The Hall–Kier alpha value is -1.06. The fourth-order valence-corrected chi connectivity index (χ4v) is 2.83. The molecule has 0 aliphatic rings. The first-order valence-corrected chi connectivity index (χ1v) is 8.67. The van der Waals surface area contributed by atoms with Gasteiger partial charge in [-0.2, -0.15) is 0 Å². The van der Waals surface area contributed by atoms with Crippen LogP contribution in [-0.2, 0) is 5.60 Å². The maximum absolute atomic E-state index is 11.1. The quantitative estimate of drug-likeness (QED) is 0.703. The standard InChI is InChI=1S/C19H33NO2/c1-6-13-19(21,14-15-20(7-2)8-3)17-9-11-18(12-10-17)22-16(4)5/h9-12,16,21H,6-8,13-15H2,1-5H3. The molecule has 0 saturated carbocycles. The van der Waals surface area contributed by atoms with Crippen LogP contribution in [0.5, 0.6) is 5.75 Å². The first-order valence-electron chi connectivity index (χ1n) is 8.67. The second-order valence-corrected chi connectivity index (χ2v) is 6.25. The minimum atomic E-state index is -0.742. The molecule has 0 spiro atoms. The normalized spacial score (nSPS) is 14.4. The molecule has 1 aromatic rings. The molecule has 1 N–H and O–H groups in total. The van der Waals surface area contributed by atoms with Gasteiger partial charge in [0.25, 0.3) is 0 Å². The van der Waals surface area contributed by atoms with E-state index in [2.05, 4.69) is 25.7 Å². The number of nitrogens with zero attached hydrogens (tertiary/aromatic N) is 1. The summed E-state index contributed by atoms with van der Waals surface area (Å²) >= 11 is 0. The highest BCUT2D eigenvalue weighted by Gasteiger charge is 2.28. The van der Waals surface area contributed by atoms with Crippen molar-refractivity contribution in [3.05, 3.63) is 29.8 Å². The highest BCUT2D eigenvalue weighted by Crippen LogP contribution is 2.31. The van der Waals surface area contributed by atoms with Crippen molar-refractivity contribution in [2.75, 3.05) is 19.6 Å². The summed E-state index contributed by atoms with van der Waals surface area (Å²) in [7, 11) is 0. The molecular formula is C19H33NO2. The van der Waals surface area contributed by atoms with Gasteiger partial charge in [-0.3, -0.25) is 0 Å². The van der Waals surface area contributed by atoms with Gasteiger partial charge in [-0.1, -0.05) is 39.3 Å². The van der Waals surface area contributed by atoms with Gasteiger partial charge < -0.3 is 14.7 Å². The largest absolute Gasteiger partial charge is 0.491 e. The van der Waals surface area contributed by atoms with E-state index >= 15 is 0 Å². The molecule has 3 heteroatoms. The first-order chi connectivity index (χ1) is 10.4. The van der Waals surface area contributed by atoms with Crippen molar-refractivity contribution in [1.29, 1.82) is 0 Å². The third kappa shape index (κ3) is 5.62. The lowest BCUT2D eigenvalue weighted by Crippen LogP contribution is -2.33. The summed E-state index contributed by atoms with van der Waals surface area (Å²) in [5.74, 6) is 0.862. The zero-order valence-electron chi connectivity index (χ0n) is 14.9. The molecule has 126 valence electrons. The van der Waals surface area contributed by atoms with Crippen molar-refractivity contribution in [1.82, 2.24) is 4.90 Å². The lowest BCUT2D eigenvalue weighted by molar-refractivity contribution is 0.00879. The highest BCUT2D eigenvalue weighted by molar-refractivity contribution is 5.31. The van der Waals surface area contributed by atoms with Crippen LogP contribution in [0.4, 0.5) is 0 Å². The van der Waals surface area contributed by atoms with E-state index in [-0.39, 0.29) is 6.10 Å². The lowest BCUT2D eigenvalue weighted by Gasteiger charge is -2.31. The Bertz CT molecular complexity index is 412. The number of rotatable bonds is 10. The fraction of sp³-hybridized carbons (Fsp3) is 0.684. The molecule has 0 aliphatic carbocycles. The SMILES string of the molecule is CCCC(O)(CCN(CC)CC)c1ccc(OC(C)C)cc1. The van der Waals surface area contributed by atoms with Crippen molar-refractivity contribution in [3.63, 3.8) is 0 Å². The van der Waals surface area contributed by atoms with Crippen molar-refractivity contribution in [2.24, 2.45) is 0 Å². The van der Waals surface area contributed by atoms with Gasteiger partial charge in [0.2, 0.25) is 0 Å². The van der Waals surface area contributed by atoms with Gasteiger partial charge in [0.15, 0.2) is 0 Å². The van der Waals surface area contributed by atoms with Gasteiger partial charge in [-0.15, -0.1) is 0 Å². The predicted octanol–water partition coefficient (Wildman–Crippen LogP) is 4.19. The molecule has 0 amide bonds. The van der Waals surface area contributed by atoms with Crippen LogP contribution in [0.1, 0.15) is 59.4 Å². The molecule has 1 atom stereocenters. The van der Waals surface area contributed by atoms with Gasteiger partial charge in [-0.25, -0.2) is 0 Å². The van der Waals surface area contributed by atoms with Gasteiger partial charge in [-0.05, 0) is 57.5 Å². The summed E-state index contributed by atoms with van der Waals surface area (Å²) in [6.07, 6.45) is 2.70. The molecule has 1 unspecified atom stereocenters. The maximum atomic E-state index is 11.1. The van der Waals surface area contributed by atoms with Gasteiger partial charge in [0, 0.05) is 6.54 Å². The van der Waals surface area contributed by atoms with E-state index in [0.29, 0.717) is 0 Å². The van der Waals surface area contributed by atoms with E-state index in [4.69, 9.17) is 4.74 Å². The van der Waals surface area contributed by atoms with Crippen molar-refractivity contribution >= 4 is 0 Å². The molecule has 0 heterocycles. The molecule has 1 aromatic carbocycles. The summed E-state index contributed by atoms with van der Waals surface area (Å²) in [6, 6.07) is 7.95.